The first kappa shape index (κ1) is 18.4. The molecule has 0 bridgehead atoms. The zero-order valence-corrected chi connectivity index (χ0v) is 15.9. The lowest BCUT2D eigenvalue weighted by atomic mass is 10.00. The van der Waals surface area contributed by atoms with E-state index in [9.17, 15) is 9.59 Å². The third-order valence-electron chi connectivity index (χ3n) is 4.37. The highest BCUT2D eigenvalue weighted by Gasteiger charge is 2.19. The van der Waals surface area contributed by atoms with Crippen LogP contribution in [0.3, 0.4) is 0 Å². The summed E-state index contributed by atoms with van der Waals surface area (Å²) in [6.45, 7) is 2.02. The van der Waals surface area contributed by atoms with E-state index < -0.39 is 0 Å². The van der Waals surface area contributed by atoms with Gasteiger partial charge in [0.1, 0.15) is 0 Å². The summed E-state index contributed by atoms with van der Waals surface area (Å²) in [6.07, 6.45) is 3.14. The highest BCUT2D eigenvalue weighted by molar-refractivity contribution is 9.10. The first-order chi connectivity index (χ1) is 12.6. The Bertz CT molecular complexity index is 821. The molecule has 134 valence electrons. The van der Waals surface area contributed by atoms with Crippen LogP contribution in [0.4, 0.5) is 0 Å². The van der Waals surface area contributed by atoms with Crippen molar-refractivity contribution < 1.29 is 14.5 Å². The second-order valence-corrected chi connectivity index (χ2v) is 7.06. The van der Waals surface area contributed by atoms with Crippen LogP contribution in [0.25, 0.3) is 5.57 Å². The lowest BCUT2D eigenvalue weighted by Crippen LogP contribution is -3.13. The molecule has 1 unspecified atom stereocenters. The molecule has 0 aliphatic carbocycles. The van der Waals surface area contributed by atoms with E-state index in [0.29, 0.717) is 16.6 Å². The molecule has 0 saturated heterocycles. The van der Waals surface area contributed by atoms with Gasteiger partial charge in [0.05, 0.1) is 18.7 Å². The molecule has 0 radical (unpaired) electrons. The minimum absolute atomic E-state index is 0.197. The van der Waals surface area contributed by atoms with Crippen molar-refractivity contribution in [1.82, 2.24) is 10.9 Å². The highest BCUT2D eigenvalue weighted by Crippen LogP contribution is 2.17. The van der Waals surface area contributed by atoms with Crippen molar-refractivity contribution in [2.75, 3.05) is 19.6 Å². The molecule has 1 aliphatic rings. The van der Waals surface area contributed by atoms with E-state index in [1.165, 1.54) is 16.0 Å². The molecule has 2 aromatic rings. The number of carbonyl (C=O) groups excluding carboxylic acids is 2. The number of amides is 2. The Hall–Kier alpha value is -2.44. The Balaban J connectivity index is 1.47. The standard InChI is InChI=1S/C20H20BrN3O2/c21-18-9-5-4-8-17(18)20(26)23-22-19(25)14-24-12-10-16(11-13-24)15-6-2-1-3-7-15/h1-10H,11-14H2,(H,22,25)(H,23,26)/p+1. The number of rotatable bonds is 4. The normalized spacial score (nSPS) is 16.5. The van der Waals surface area contributed by atoms with E-state index >= 15 is 0 Å². The van der Waals surface area contributed by atoms with Crippen LogP contribution in [0.5, 0.6) is 0 Å². The number of nitrogens with one attached hydrogen (secondary N) is 3. The molecular weight excluding hydrogens is 394 g/mol. The van der Waals surface area contributed by atoms with Gasteiger partial charge in [0.15, 0.2) is 6.54 Å². The van der Waals surface area contributed by atoms with Crippen LogP contribution in [-0.4, -0.2) is 31.4 Å². The minimum Gasteiger partial charge on any atom is -0.324 e. The maximum atomic E-state index is 12.1. The number of hydrogen-bond acceptors (Lipinski definition) is 2. The molecule has 3 rings (SSSR count). The van der Waals surface area contributed by atoms with Crippen LogP contribution >= 0.6 is 15.9 Å². The smallest absolute Gasteiger partial charge is 0.293 e. The number of halogens is 1. The molecule has 0 saturated carbocycles. The van der Waals surface area contributed by atoms with E-state index in [4.69, 9.17) is 0 Å². The molecule has 2 aromatic carbocycles. The van der Waals surface area contributed by atoms with Gasteiger partial charge in [0.25, 0.3) is 11.8 Å². The quantitative estimate of drug-likeness (QED) is 0.665. The molecule has 0 aromatic heterocycles. The van der Waals surface area contributed by atoms with Gasteiger partial charge in [-0.2, -0.15) is 0 Å². The topological polar surface area (TPSA) is 62.6 Å². The predicted octanol–water partition coefficient (Wildman–Crippen LogP) is 1.58. The molecule has 26 heavy (non-hydrogen) atoms. The van der Waals surface area contributed by atoms with Crippen LogP contribution in [0.15, 0.2) is 65.1 Å². The Morgan fingerprint density at radius 1 is 1.00 bits per heavy atom. The zero-order chi connectivity index (χ0) is 18.4. The van der Waals surface area contributed by atoms with Gasteiger partial charge in [-0.25, -0.2) is 0 Å². The lowest BCUT2D eigenvalue weighted by Gasteiger charge is -2.23. The number of benzene rings is 2. The van der Waals surface area contributed by atoms with Gasteiger partial charge in [-0.15, -0.1) is 0 Å². The van der Waals surface area contributed by atoms with Gasteiger partial charge in [0.2, 0.25) is 0 Å². The molecule has 5 nitrogen and oxygen atoms in total. The van der Waals surface area contributed by atoms with Crippen LogP contribution in [0, 0.1) is 0 Å². The SMILES string of the molecule is O=C(C[NH+]1CC=C(c2ccccc2)CC1)NNC(=O)c1ccccc1Br. The number of quaternary nitrogens is 1. The van der Waals surface area contributed by atoms with Crippen LogP contribution in [-0.2, 0) is 4.79 Å². The van der Waals surface area contributed by atoms with Gasteiger partial charge >= 0.3 is 0 Å². The Labute approximate surface area is 161 Å². The van der Waals surface area contributed by atoms with Crippen molar-refractivity contribution in [1.29, 1.82) is 0 Å². The Morgan fingerprint density at radius 3 is 2.42 bits per heavy atom. The molecule has 6 heteroatoms. The Kier molecular flexibility index (Phi) is 6.20. The molecule has 1 atom stereocenters. The fourth-order valence-electron chi connectivity index (χ4n) is 2.97. The van der Waals surface area contributed by atoms with Crippen molar-refractivity contribution >= 4 is 33.3 Å². The van der Waals surface area contributed by atoms with Gasteiger partial charge < -0.3 is 4.90 Å². The van der Waals surface area contributed by atoms with Crippen molar-refractivity contribution in [3.8, 4) is 0 Å². The highest BCUT2D eigenvalue weighted by atomic mass is 79.9. The van der Waals surface area contributed by atoms with Crippen molar-refractivity contribution in [2.24, 2.45) is 0 Å². The minimum atomic E-state index is -0.342. The number of carbonyl (C=O) groups is 2. The number of hydrogen-bond donors (Lipinski definition) is 3. The lowest BCUT2D eigenvalue weighted by molar-refractivity contribution is -0.886. The van der Waals surface area contributed by atoms with Crippen LogP contribution in [0.2, 0.25) is 0 Å². The fraction of sp³-hybridized carbons (Fsp3) is 0.200. The maximum absolute atomic E-state index is 12.1. The second-order valence-electron chi connectivity index (χ2n) is 6.21. The maximum Gasteiger partial charge on any atom is 0.293 e. The van der Waals surface area contributed by atoms with E-state index in [-0.39, 0.29) is 11.8 Å². The van der Waals surface area contributed by atoms with E-state index in [1.807, 2.05) is 24.3 Å². The van der Waals surface area contributed by atoms with Crippen LogP contribution < -0.4 is 15.8 Å². The van der Waals surface area contributed by atoms with Gasteiger partial charge in [-0.05, 0) is 45.3 Å². The van der Waals surface area contributed by atoms with Gasteiger partial charge in [-0.3, -0.25) is 20.4 Å². The van der Waals surface area contributed by atoms with E-state index in [0.717, 1.165) is 19.5 Å². The molecule has 3 N–H and O–H groups in total. The van der Waals surface area contributed by atoms with Crippen molar-refractivity contribution in [3.05, 3.63) is 76.3 Å². The summed E-state index contributed by atoms with van der Waals surface area (Å²) in [5.74, 6) is -0.539. The van der Waals surface area contributed by atoms with E-state index in [2.05, 4.69) is 45.0 Å². The summed E-state index contributed by atoms with van der Waals surface area (Å²) < 4.78 is 0.687. The van der Waals surface area contributed by atoms with Gasteiger partial charge in [-0.1, -0.05) is 42.5 Å². The fourth-order valence-corrected chi connectivity index (χ4v) is 3.43. The van der Waals surface area contributed by atoms with Crippen LogP contribution in [0.1, 0.15) is 22.3 Å². The van der Waals surface area contributed by atoms with Crippen molar-refractivity contribution in [3.63, 3.8) is 0 Å². The summed E-state index contributed by atoms with van der Waals surface area (Å²) in [6, 6.07) is 17.4. The summed E-state index contributed by atoms with van der Waals surface area (Å²) in [7, 11) is 0. The third kappa shape index (κ3) is 4.80. The molecule has 1 aliphatic heterocycles. The first-order valence-electron chi connectivity index (χ1n) is 8.55. The monoisotopic (exact) mass is 414 g/mol. The Morgan fingerprint density at radius 2 is 1.73 bits per heavy atom. The molecule has 0 fully saturated rings. The zero-order valence-electron chi connectivity index (χ0n) is 14.3. The summed E-state index contributed by atoms with van der Waals surface area (Å²) in [5.41, 5.74) is 8.02. The predicted molar refractivity (Wildman–Crippen MR) is 104 cm³/mol. The first-order valence-corrected chi connectivity index (χ1v) is 9.34. The van der Waals surface area contributed by atoms with Crippen molar-refractivity contribution in [2.45, 2.75) is 6.42 Å². The molecule has 0 spiro atoms. The average Bonchev–Trinajstić information content (AvgIpc) is 2.68. The third-order valence-corrected chi connectivity index (χ3v) is 5.07. The van der Waals surface area contributed by atoms with Gasteiger partial charge in [0, 0.05) is 10.9 Å². The molecular formula is C20H21BrN3O2+. The second kappa shape index (κ2) is 8.78. The molecule has 1 heterocycles. The summed E-state index contributed by atoms with van der Waals surface area (Å²) in [4.78, 5) is 25.4. The summed E-state index contributed by atoms with van der Waals surface area (Å²) >= 11 is 3.32. The largest absolute Gasteiger partial charge is 0.324 e. The summed E-state index contributed by atoms with van der Waals surface area (Å²) in [5, 5.41) is 0. The van der Waals surface area contributed by atoms with E-state index in [1.54, 1.807) is 18.2 Å². The number of hydrazine groups is 1. The molecule has 2 amide bonds. The average molecular weight is 415 g/mol.